The summed E-state index contributed by atoms with van der Waals surface area (Å²) in [6.45, 7) is 8.16. The number of nitrogens with one attached hydrogen (secondary N) is 1. The van der Waals surface area contributed by atoms with Gasteiger partial charge in [-0.3, -0.25) is 4.99 Å². The van der Waals surface area contributed by atoms with Gasteiger partial charge in [0, 0.05) is 37.9 Å². The Morgan fingerprint density at radius 1 is 1.19 bits per heavy atom. The van der Waals surface area contributed by atoms with Gasteiger partial charge in [-0.15, -0.1) is 24.0 Å². The summed E-state index contributed by atoms with van der Waals surface area (Å²) in [5.74, 6) is 2.33. The highest BCUT2D eigenvalue weighted by atomic mass is 127. The second-order valence-corrected chi connectivity index (χ2v) is 7.34. The number of aromatic nitrogens is 2. The Morgan fingerprint density at radius 3 is 2.63 bits per heavy atom. The molecule has 0 aliphatic rings. The molecule has 0 bridgehead atoms. The average molecular weight is 483 g/mol. The van der Waals surface area contributed by atoms with Gasteiger partial charge in [0.1, 0.15) is 5.82 Å². The maximum Gasteiger partial charge on any atom is 0.188 e. The first-order valence-electron chi connectivity index (χ1n) is 9.65. The van der Waals surface area contributed by atoms with E-state index in [-0.39, 0.29) is 24.0 Å². The normalized spacial score (nSPS) is 12.7. The molecule has 1 heterocycles. The standard InChI is InChI=1S/C21H33N5.HI/c1-17(2)8-7-9-18(3)25-21(22)24-13-12-20-23-14-15-26(20)16-19-10-5-4-6-11-19;/h4-6,10-11,14-15,17-18H,7-9,12-13,16H2,1-3H3,(H3,22,24,25);1H. The molecular formula is C21H34IN5. The lowest BCUT2D eigenvalue weighted by molar-refractivity contribution is 0.493. The number of hydrogen-bond donors (Lipinski definition) is 2. The Hall–Kier alpha value is -1.57. The van der Waals surface area contributed by atoms with Gasteiger partial charge >= 0.3 is 0 Å². The van der Waals surface area contributed by atoms with Crippen molar-refractivity contribution in [3.63, 3.8) is 0 Å². The third-order valence-corrected chi connectivity index (χ3v) is 4.43. The van der Waals surface area contributed by atoms with E-state index in [1.807, 2.05) is 18.5 Å². The van der Waals surface area contributed by atoms with Gasteiger partial charge in [0.2, 0.25) is 0 Å². The smallest absolute Gasteiger partial charge is 0.188 e. The zero-order valence-electron chi connectivity index (χ0n) is 16.8. The fourth-order valence-corrected chi connectivity index (χ4v) is 2.97. The molecule has 0 aliphatic carbocycles. The number of nitrogens with two attached hydrogens (primary N) is 1. The first-order chi connectivity index (χ1) is 12.5. The molecule has 0 spiro atoms. The van der Waals surface area contributed by atoms with Crippen LogP contribution < -0.4 is 11.1 Å². The number of guanidine groups is 1. The van der Waals surface area contributed by atoms with Gasteiger partial charge in [0.05, 0.1) is 0 Å². The molecule has 0 saturated heterocycles. The minimum Gasteiger partial charge on any atom is -0.370 e. The first kappa shape index (κ1) is 23.5. The number of nitrogens with zero attached hydrogens (tertiary/aromatic N) is 3. The van der Waals surface area contributed by atoms with Crippen LogP contribution in [-0.4, -0.2) is 28.1 Å². The molecule has 0 radical (unpaired) electrons. The van der Waals surface area contributed by atoms with Gasteiger partial charge in [-0.05, 0) is 24.8 Å². The van der Waals surface area contributed by atoms with E-state index >= 15 is 0 Å². The molecule has 3 N–H and O–H groups in total. The third kappa shape index (κ3) is 9.26. The Morgan fingerprint density at radius 2 is 1.93 bits per heavy atom. The molecule has 0 aliphatic heterocycles. The highest BCUT2D eigenvalue weighted by Gasteiger charge is 2.05. The fourth-order valence-electron chi connectivity index (χ4n) is 2.97. The van der Waals surface area contributed by atoms with Crippen LogP contribution in [-0.2, 0) is 13.0 Å². The summed E-state index contributed by atoms with van der Waals surface area (Å²) in [5, 5.41) is 3.29. The van der Waals surface area contributed by atoms with Crippen molar-refractivity contribution in [2.24, 2.45) is 16.6 Å². The number of rotatable bonds is 10. The Kier molecular flexibility index (Phi) is 11.1. The maximum absolute atomic E-state index is 6.02. The number of hydrogen-bond acceptors (Lipinski definition) is 2. The second kappa shape index (κ2) is 12.8. The summed E-state index contributed by atoms with van der Waals surface area (Å²) in [6, 6.07) is 10.8. The lowest BCUT2D eigenvalue weighted by atomic mass is 10.0. The lowest BCUT2D eigenvalue weighted by Crippen LogP contribution is -2.38. The molecule has 5 nitrogen and oxygen atoms in total. The largest absolute Gasteiger partial charge is 0.370 e. The summed E-state index contributed by atoms with van der Waals surface area (Å²) >= 11 is 0. The van der Waals surface area contributed by atoms with Crippen molar-refractivity contribution in [1.29, 1.82) is 0 Å². The van der Waals surface area contributed by atoms with Crippen LogP contribution in [0.1, 0.15) is 51.4 Å². The van der Waals surface area contributed by atoms with E-state index in [1.165, 1.54) is 18.4 Å². The Labute approximate surface area is 180 Å². The lowest BCUT2D eigenvalue weighted by Gasteiger charge is -2.15. The summed E-state index contributed by atoms with van der Waals surface area (Å²) in [5.41, 5.74) is 7.29. The minimum atomic E-state index is 0. The highest BCUT2D eigenvalue weighted by Crippen LogP contribution is 2.08. The molecule has 0 amide bonds. The van der Waals surface area contributed by atoms with Gasteiger partial charge in [-0.25, -0.2) is 4.98 Å². The SMILES string of the molecule is CC(C)CCCC(C)NC(N)=NCCc1nccn1Cc1ccccc1.I. The van der Waals surface area contributed by atoms with Crippen molar-refractivity contribution in [2.75, 3.05) is 6.54 Å². The zero-order chi connectivity index (χ0) is 18.8. The second-order valence-electron chi connectivity index (χ2n) is 7.34. The monoisotopic (exact) mass is 483 g/mol. The summed E-state index contributed by atoms with van der Waals surface area (Å²) in [7, 11) is 0. The Balaban J connectivity index is 0.00000364. The van der Waals surface area contributed by atoms with E-state index in [0.29, 0.717) is 18.5 Å². The van der Waals surface area contributed by atoms with Crippen LogP contribution in [0.3, 0.4) is 0 Å². The zero-order valence-corrected chi connectivity index (χ0v) is 19.1. The van der Waals surface area contributed by atoms with Crippen molar-refractivity contribution in [1.82, 2.24) is 14.9 Å². The van der Waals surface area contributed by atoms with E-state index < -0.39 is 0 Å². The topological polar surface area (TPSA) is 68.2 Å². The van der Waals surface area contributed by atoms with Crippen LogP contribution in [0.5, 0.6) is 0 Å². The van der Waals surface area contributed by atoms with Gasteiger partial charge < -0.3 is 15.6 Å². The van der Waals surface area contributed by atoms with Crippen molar-refractivity contribution in [2.45, 2.75) is 59.0 Å². The predicted molar refractivity (Wildman–Crippen MR) is 125 cm³/mol. The van der Waals surface area contributed by atoms with Crippen molar-refractivity contribution in [3.05, 3.63) is 54.1 Å². The van der Waals surface area contributed by atoms with E-state index in [2.05, 4.69) is 64.9 Å². The molecule has 1 aromatic heterocycles. The van der Waals surface area contributed by atoms with Crippen molar-refractivity contribution in [3.8, 4) is 0 Å². The van der Waals surface area contributed by atoms with Gasteiger partial charge in [-0.1, -0.05) is 57.0 Å². The van der Waals surface area contributed by atoms with E-state index in [9.17, 15) is 0 Å². The number of imidazole rings is 1. The summed E-state index contributed by atoms with van der Waals surface area (Å²) in [4.78, 5) is 8.92. The fraction of sp³-hybridized carbons (Fsp3) is 0.524. The summed E-state index contributed by atoms with van der Waals surface area (Å²) in [6.07, 6.45) is 8.24. The van der Waals surface area contributed by atoms with Crippen LogP contribution in [0.25, 0.3) is 0 Å². The van der Waals surface area contributed by atoms with E-state index in [0.717, 1.165) is 31.1 Å². The molecule has 1 unspecified atom stereocenters. The molecule has 1 atom stereocenters. The molecule has 1 aromatic carbocycles. The van der Waals surface area contributed by atoms with Crippen molar-refractivity contribution < 1.29 is 0 Å². The van der Waals surface area contributed by atoms with Gasteiger partial charge in [0.25, 0.3) is 0 Å². The Bertz CT molecular complexity index is 666. The van der Waals surface area contributed by atoms with E-state index in [4.69, 9.17) is 5.73 Å². The quantitative estimate of drug-likeness (QED) is 0.302. The maximum atomic E-state index is 6.02. The van der Waals surface area contributed by atoms with Crippen molar-refractivity contribution >= 4 is 29.9 Å². The third-order valence-electron chi connectivity index (χ3n) is 4.43. The molecular weight excluding hydrogens is 449 g/mol. The molecule has 6 heteroatoms. The van der Waals surface area contributed by atoms with Crippen LogP contribution >= 0.6 is 24.0 Å². The first-order valence-corrected chi connectivity index (χ1v) is 9.65. The molecule has 2 rings (SSSR count). The van der Waals surface area contributed by atoms with Crippen LogP contribution in [0.2, 0.25) is 0 Å². The minimum absolute atomic E-state index is 0. The number of benzene rings is 1. The molecule has 0 fully saturated rings. The van der Waals surface area contributed by atoms with Crippen LogP contribution in [0, 0.1) is 5.92 Å². The van der Waals surface area contributed by atoms with Crippen LogP contribution in [0.15, 0.2) is 47.7 Å². The number of aliphatic imine (C=N–C) groups is 1. The van der Waals surface area contributed by atoms with Gasteiger partial charge in [-0.2, -0.15) is 0 Å². The molecule has 0 saturated carbocycles. The molecule has 27 heavy (non-hydrogen) atoms. The molecule has 150 valence electrons. The average Bonchev–Trinajstić information content (AvgIpc) is 3.02. The number of halogens is 1. The molecule has 2 aromatic rings. The van der Waals surface area contributed by atoms with E-state index in [1.54, 1.807) is 0 Å². The van der Waals surface area contributed by atoms with Gasteiger partial charge in [0.15, 0.2) is 5.96 Å². The van der Waals surface area contributed by atoms with Crippen LogP contribution in [0.4, 0.5) is 0 Å². The predicted octanol–water partition coefficient (Wildman–Crippen LogP) is 4.21. The highest BCUT2D eigenvalue weighted by molar-refractivity contribution is 14.0. The summed E-state index contributed by atoms with van der Waals surface area (Å²) < 4.78 is 2.17.